The average molecular weight is 651 g/mol. The fraction of sp³-hybridized carbons (Fsp3) is 0.189. The fourth-order valence-electron chi connectivity index (χ4n) is 5.24. The van der Waals surface area contributed by atoms with Gasteiger partial charge in [0.25, 0.3) is 5.56 Å². The molecule has 11 heteroatoms. The minimum atomic E-state index is -1.30. The molecule has 4 aromatic carbocycles. The van der Waals surface area contributed by atoms with Gasteiger partial charge >= 0.3 is 11.7 Å². The number of carbonyl (C=O) groups is 2. The van der Waals surface area contributed by atoms with E-state index in [1.165, 1.54) is 6.20 Å². The van der Waals surface area contributed by atoms with Crippen LogP contribution < -0.4 is 20.7 Å². The van der Waals surface area contributed by atoms with Gasteiger partial charge in [-0.15, -0.1) is 0 Å². The molecular formula is C37H34N2O9. The van der Waals surface area contributed by atoms with Crippen LogP contribution in [0.4, 0.5) is 0 Å². The van der Waals surface area contributed by atoms with Gasteiger partial charge in [-0.2, -0.15) is 0 Å². The van der Waals surface area contributed by atoms with E-state index >= 15 is 0 Å². The van der Waals surface area contributed by atoms with Crippen LogP contribution in [0.5, 0.6) is 11.5 Å². The first-order chi connectivity index (χ1) is 23.4. The van der Waals surface area contributed by atoms with Crippen LogP contribution in [0.2, 0.25) is 0 Å². The first kappa shape index (κ1) is 33.6. The Hall–Kier alpha value is -5.78. The lowest BCUT2D eigenvalue weighted by Gasteiger charge is -2.37. The zero-order valence-corrected chi connectivity index (χ0v) is 26.3. The summed E-state index contributed by atoms with van der Waals surface area (Å²) in [7, 11) is 3.15. The summed E-state index contributed by atoms with van der Waals surface area (Å²) < 4.78 is 30.2. The molecule has 5 rings (SSSR count). The van der Waals surface area contributed by atoms with Crippen molar-refractivity contribution in [3.63, 3.8) is 0 Å². The van der Waals surface area contributed by atoms with Crippen LogP contribution in [0, 0.1) is 0 Å². The van der Waals surface area contributed by atoms with E-state index in [1.54, 1.807) is 44.6 Å². The number of aldehydes is 1. The zero-order valence-electron chi connectivity index (χ0n) is 26.3. The second-order valence-electron chi connectivity index (χ2n) is 10.6. The van der Waals surface area contributed by atoms with E-state index in [9.17, 15) is 19.2 Å². The van der Waals surface area contributed by atoms with Crippen molar-refractivity contribution in [3.8, 4) is 11.5 Å². The molecule has 0 fully saturated rings. The molecule has 0 aliphatic heterocycles. The van der Waals surface area contributed by atoms with Gasteiger partial charge < -0.3 is 28.5 Å². The highest BCUT2D eigenvalue weighted by molar-refractivity contribution is 5.89. The summed E-state index contributed by atoms with van der Waals surface area (Å²) in [6.07, 6.45) is -0.813. The number of H-pyrrole nitrogens is 1. The highest BCUT2D eigenvalue weighted by Crippen LogP contribution is 2.42. The van der Waals surface area contributed by atoms with Crippen molar-refractivity contribution in [1.82, 2.24) is 9.55 Å². The molecule has 1 heterocycles. The quantitative estimate of drug-likeness (QED) is 0.0987. The molecule has 0 bridgehead atoms. The number of aromatic nitrogens is 2. The van der Waals surface area contributed by atoms with Gasteiger partial charge in [-0.25, -0.2) is 9.59 Å². The van der Waals surface area contributed by atoms with Crippen molar-refractivity contribution < 1.29 is 33.3 Å². The predicted octanol–water partition coefficient (Wildman–Crippen LogP) is 4.50. The van der Waals surface area contributed by atoms with E-state index in [1.807, 2.05) is 78.9 Å². The summed E-state index contributed by atoms with van der Waals surface area (Å²) >= 11 is 0. The van der Waals surface area contributed by atoms with Crippen LogP contribution in [0.3, 0.4) is 0 Å². The van der Waals surface area contributed by atoms with Crippen LogP contribution in [-0.2, 0) is 24.6 Å². The van der Waals surface area contributed by atoms with E-state index in [-0.39, 0.29) is 12.2 Å². The molecule has 1 aromatic heterocycles. The van der Waals surface area contributed by atoms with Gasteiger partial charge in [0.05, 0.1) is 26.4 Å². The second kappa shape index (κ2) is 15.7. The van der Waals surface area contributed by atoms with Crippen molar-refractivity contribution >= 4 is 12.3 Å². The number of hydrogen-bond donors (Lipinski definition) is 1. The minimum Gasteiger partial charge on any atom is -0.497 e. The fourth-order valence-corrected chi connectivity index (χ4v) is 5.24. The third-order valence-electron chi connectivity index (χ3n) is 7.65. The summed E-state index contributed by atoms with van der Waals surface area (Å²) in [6.45, 7) is -0.748. The van der Waals surface area contributed by atoms with Crippen molar-refractivity contribution in [1.29, 1.82) is 0 Å². The second-order valence-corrected chi connectivity index (χ2v) is 10.6. The van der Waals surface area contributed by atoms with E-state index in [0.29, 0.717) is 17.8 Å². The Bertz CT molecular complexity index is 1860. The molecular weight excluding hydrogens is 616 g/mol. The molecule has 0 amide bonds. The Kier molecular flexibility index (Phi) is 11.0. The number of rotatable bonds is 15. The molecule has 0 spiro atoms. The molecule has 0 aliphatic carbocycles. The largest absolute Gasteiger partial charge is 0.497 e. The summed E-state index contributed by atoms with van der Waals surface area (Å²) in [5, 5.41) is 0. The molecule has 0 radical (unpaired) electrons. The highest BCUT2D eigenvalue weighted by atomic mass is 16.6. The maximum absolute atomic E-state index is 12.8. The Morgan fingerprint density at radius 2 is 1.29 bits per heavy atom. The third-order valence-corrected chi connectivity index (χ3v) is 7.65. The zero-order chi connectivity index (χ0) is 33.9. The smallest absolute Gasteiger partial charge is 0.338 e. The SMILES string of the molecule is COc1ccc(C(OC[C@H](C=O)O[C@H](COC(=O)c2ccccc2)n2ccc(=O)[nH]c2=O)(c2ccccc2)c2ccc(OC)cc2)cc1. The number of hydrogen-bond acceptors (Lipinski definition) is 9. The third kappa shape index (κ3) is 7.60. The summed E-state index contributed by atoms with van der Waals surface area (Å²) in [4.78, 5) is 52.1. The lowest BCUT2D eigenvalue weighted by molar-refractivity contribution is -0.145. The number of nitrogens with zero attached hydrogens (tertiary/aromatic N) is 1. The van der Waals surface area contributed by atoms with Gasteiger partial charge in [0.1, 0.15) is 29.8 Å². The lowest BCUT2D eigenvalue weighted by atomic mass is 9.80. The standard InChI is InChI=1S/C37H34N2O9/c1-44-30-17-13-28(14-18-30)37(27-11-7-4-8-12-27,29-15-19-31(45-2)20-16-29)47-24-32(23-40)48-34(39-22-21-33(41)38-36(39)43)25-46-35(42)26-9-5-3-6-10-26/h3-23,32,34H,24-25H2,1-2H3,(H,38,41,43)/t32-,34+/m0/s1. The van der Waals surface area contributed by atoms with E-state index in [2.05, 4.69) is 4.98 Å². The molecule has 0 saturated heterocycles. The van der Waals surface area contributed by atoms with Crippen LogP contribution in [0.15, 0.2) is 131 Å². The van der Waals surface area contributed by atoms with Gasteiger partial charge in [-0.05, 0) is 53.1 Å². The predicted molar refractivity (Wildman–Crippen MR) is 176 cm³/mol. The normalized spacial score (nSPS) is 12.5. The van der Waals surface area contributed by atoms with Crippen molar-refractivity contribution in [3.05, 3.63) is 165 Å². The van der Waals surface area contributed by atoms with Crippen LogP contribution in [-0.4, -0.2) is 55.3 Å². The lowest BCUT2D eigenvalue weighted by Crippen LogP contribution is -2.40. The number of ether oxygens (including phenoxy) is 5. The Balaban J connectivity index is 1.51. The number of nitrogens with one attached hydrogen (secondary N) is 1. The van der Waals surface area contributed by atoms with Gasteiger partial charge in [0.15, 0.2) is 12.5 Å². The number of esters is 1. The molecule has 11 nitrogen and oxygen atoms in total. The Morgan fingerprint density at radius 3 is 1.81 bits per heavy atom. The van der Waals surface area contributed by atoms with Gasteiger partial charge in [0, 0.05) is 12.3 Å². The van der Waals surface area contributed by atoms with Crippen molar-refractivity contribution in [2.75, 3.05) is 27.4 Å². The van der Waals surface area contributed by atoms with Gasteiger partial charge in [0.2, 0.25) is 0 Å². The van der Waals surface area contributed by atoms with Crippen molar-refractivity contribution in [2.45, 2.75) is 17.9 Å². The maximum Gasteiger partial charge on any atom is 0.338 e. The number of benzene rings is 4. The topological polar surface area (TPSA) is 135 Å². The van der Waals surface area contributed by atoms with Crippen LogP contribution in [0.25, 0.3) is 0 Å². The van der Waals surface area contributed by atoms with Crippen LogP contribution >= 0.6 is 0 Å². The molecule has 0 saturated carbocycles. The monoisotopic (exact) mass is 650 g/mol. The molecule has 246 valence electrons. The molecule has 2 atom stereocenters. The summed E-state index contributed by atoms with van der Waals surface area (Å²) in [6, 6.07) is 33.6. The number of aromatic amines is 1. The Labute approximate surface area is 276 Å². The van der Waals surface area contributed by atoms with E-state index < -0.39 is 41.8 Å². The Morgan fingerprint density at radius 1 is 0.750 bits per heavy atom. The van der Waals surface area contributed by atoms with E-state index in [0.717, 1.165) is 27.3 Å². The molecule has 0 aliphatic rings. The molecule has 0 unspecified atom stereocenters. The van der Waals surface area contributed by atoms with Gasteiger partial charge in [-0.1, -0.05) is 72.8 Å². The molecule has 48 heavy (non-hydrogen) atoms. The number of carbonyl (C=O) groups excluding carboxylic acids is 2. The van der Waals surface area contributed by atoms with Crippen molar-refractivity contribution in [2.24, 2.45) is 0 Å². The van der Waals surface area contributed by atoms with E-state index in [4.69, 9.17) is 23.7 Å². The van der Waals surface area contributed by atoms with Crippen LogP contribution in [0.1, 0.15) is 33.3 Å². The molecule has 1 N–H and O–H groups in total. The first-order valence-electron chi connectivity index (χ1n) is 15.0. The highest BCUT2D eigenvalue weighted by Gasteiger charge is 2.39. The molecule has 5 aromatic rings. The first-order valence-corrected chi connectivity index (χ1v) is 15.0. The summed E-state index contributed by atoms with van der Waals surface area (Å²) in [5.74, 6) is 0.621. The maximum atomic E-state index is 12.8. The minimum absolute atomic E-state index is 0.284. The van der Waals surface area contributed by atoms with Gasteiger partial charge in [-0.3, -0.25) is 14.3 Å². The average Bonchev–Trinajstić information content (AvgIpc) is 3.14. The summed E-state index contributed by atoms with van der Waals surface area (Å²) in [5.41, 5.74) is -0.192. The number of methoxy groups -OCH3 is 2.